The predicted molar refractivity (Wildman–Crippen MR) is 491 cm³/mol. The Morgan fingerprint density at radius 3 is 1.18 bits per heavy atom. The number of fused-ring (bicyclic) bond motifs is 31. The molecule has 0 aliphatic heterocycles. The summed E-state index contributed by atoms with van der Waals surface area (Å²) in [6.45, 7) is 0. The topological polar surface area (TPSA) is 111 Å². The lowest BCUT2D eigenvalue weighted by molar-refractivity contribution is 0.574. The maximum atomic E-state index is 6.22. The summed E-state index contributed by atoms with van der Waals surface area (Å²) in [4.78, 5) is 19.4. The van der Waals surface area contributed by atoms with E-state index in [1.54, 1.807) is 11.3 Å². The van der Waals surface area contributed by atoms with Crippen molar-refractivity contribution in [3.05, 3.63) is 340 Å². The minimum absolute atomic E-state index is 0.608. The molecule has 544 valence electrons. The molecule has 16 heteroatoms. The molecule has 0 N–H and O–H groups in total. The third-order valence-electron chi connectivity index (χ3n) is 22.6. The van der Waals surface area contributed by atoms with Crippen molar-refractivity contribution in [2.75, 3.05) is 0 Å². The summed E-state index contributed by atoms with van der Waals surface area (Å²) >= 11 is 9.15. The molecule has 0 aliphatic carbocycles. The second-order valence-electron chi connectivity index (χ2n) is 29.0. The van der Waals surface area contributed by atoms with Crippen LogP contribution in [0.1, 0.15) is 0 Å². The fraction of sp³-hybridized carbons (Fsp3) is 0. The zero-order valence-electron chi connectivity index (χ0n) is 61.2. The van der Waals surface area contributed by atoms with Crippen LogP contribution in [0.5, 0.6) is 0 Å². The Kier molecular flexibility index (Phi) is 14.5. The molecule has 16 aromatic carbocycles. The van der Waals surface area contributed by atoms with Crippen LogP contribution in [0, 0.1) is 0 Å². The van der Waals surface area contributed by atoms with Crippen LogP contribution in [0.2, 0.25) is 0 Å². The number of nitrogens with zero attached hydrogens (tertiary/aromatic N) is 8. The first-order valence-electron chi connectivity index (χ1n) is 38.3. The van der Waals surface area contributed by atoms with Crippen molar-refractivity contribution < 1.29 is 13.3 Å². The van der Waals surface area contributed by atoms with Gasteiger partial charge in [0, 0.05) is 124 Å². The summed E-state index contributed by atoms with van der Waals surface area (Å²) in [5, 5.41) is 21.4. The molecule has 11 nitrogen and oxygen atoms in total. The number of rotatable bonds is 4. The average molecular weight is 1580 g/mol. The van der Waals surface area contributed by atoms with Gasteiger partial charge < -0.3 is 13.3 Å². The van der Waals surface area contributed by atoms with Gasteiger partial charge in [-0.1, -0.05) is 218 Å². The van der Waals surface area contributed by atoms with Gasteiger partial charge >= 0.3 is 18.0 Å². The van der Waals surface area contributed by atoms with Gasteiger partial charge in [0.2, 0.25) is 0 Å². The number of para-hydroxylation sites is 11. The van der Waals surface area contributed by atoms with E-state index in [4.69, 9.17) is 33.2 Å². The molecule has 28 rings (SSSR count). The molecule has 0 fully saturated rings. The first-order valence-corrected chi connectivity index (χ1v) is 42.4. The lowest BCUT2D eigenvalue weighted by Gasteiger charge is -2.03. The van der Waals surface area contributed by atoms with Gasteiger partial charge in [-0.15, -0.1) is 45.3 Å². The molecule has 0 unspecified atom stereocenters. The van der Waals surface area contributed by atoms with Crippen molar-refractivity contribution in [3.8, 4) is 23.2 Å². The predicted octanol–water partition coefficient (Wildman–Crippen LogP) is 29.6. The highest BCUT2D eigenvalue weighted by molar-refractivity contribution is 7.27. The van der Waals surface area contributed by atoms with Crippen molar-refractivity contribution in [2.24, 2.45) is 0 Å². The Balaban J connectivity index is 0.0000000866. The molecule has 0 bridgehead atoms. The van der Waals surface area contributed by atoms with Crippen LogP contribution in [0.15, 0.2) is 353 Å². The van der Waals surface area contributed by atoms with Gasteiger partial charge in [-0.3, -0.25) is 18.3 Å². The van der Waals surface area contributed by atoms with Crippen LogP contribution in [0.3, 0.4) is 0 Å². The van der Waals surface area contributed by atoms with E-state index in [9.17, 15) is 0 Å². The number of benzene rings is 16. The molecule has 0 aliphatic rings. The number of hydrogen-bond donors (Lipinski definition) is 0. The van der Waals surface area contributed by atoms with E-state index in [0.717, 1.165) is 77.0 Å². The number of aromatic nitrogens is 8. The summed E-state index contributed by atoms with van der Waals surface area (Å²) in [6.07, 6.45) is 0. The smallest absolute Gasteiger partial charge is 0.307 e. The minimum Gasteiger partial charge on any atom is -0.423 e. The summed E-state index contributed by atoms with van der Waals surface area (Å²) in [6, 6.07) is 121. The Hall–Kier alpha value is -14.1. The van der Waals surface area contributed by atoms with Gasteiger partial charge in [-0.05, 0) is 133 Å². The fourth-order valence-electron chi connectivity index (χ4n) is 17.6. The normalized spacial score (nSPS) is 12.1. The highest BCUT2D eigenvalue weighted by atomic mass is 32.1. The first-order chi connectivity index (χ1) is 57.5. The molecule has 28 aromatic rings. The molecule has 0 saturated heterocycles. The highest BCUT2D eigenvalue weighted by Crippen LogP contribution is 2.49. The van der Waals surface area contributed by atoms with Gasteiger partial charge in [-0.25, -0.2) is 4.98 Å². The molecule has 0 amide bonds. The summed E-state index contributed by atoms with van der Waals surface area (Å²) in [5.41, 5.74) is 15.2. The van der Waals surface area contributed by atoms with Crippen molar-refractivity contribution in [3.63, 3.8) is 0 Å². The largest absolute Gasteiger partial charge is 0.423 e. The van der Waals surface area contributed by atoms with Crippen LogP contribution >= 0.6 is 56.7 Å². The molecule has 12 aromatic heterocycles. The summed E-state index contributed by atoms with van der Waals surface area (Å²) in [7, 11) is 0. The van der Waals surface area contributed by atoms with Crippen LogP contribution in [0.4, 0.5) is 0 Å². The lowest BCUT2D eigenvalue weighted by Crippen LogP contribution is -1.94. The molecule has 0 saturated carbocycles. The number of thiophene rings is 4. The van der Waals surface area contributed by atoms with Crippen molar-refractivity contribution in [2.45, 2.75) is 0 Å². The average Bonchev–Trinajstić information content (AvgIpc) is 1.62. The second-order valence-corrected chi connectivity index (χ2v) is 34.3. The monoisotopic (exact) mass is 1580 g/mol. The number of oxazole rings is 3. The highest BCUT2D eigenvalue weighted by Gasteiger charge is 2.26. The van der Waals surface area contributed by atoms with Crippen LogP contribution in [0.25, 0.3) is 235 Å². The molecular weight excluding hydrogens is 1520 g/mol. The molecule has 116 heavy (non-hydrogen) atoms. The van der Waals surface area contributed by atoms with Crippen LogP contribution in [-0.2, 0) is 0 Å². The SMILES string of the molecule is c1ccc2oc(-n3c4ccccc4c4c5c(ccc43)sc3ccccc35)nc2c1.c1ccc2oc(-n3c4ccccc4c4c5sc6ccccc6c5ccc43)nc2c1.c1ccc2oc(-n3c4ccccc4c4ccc5sc6ccccc6c5c43)nc2c1.c1ccc2sc(-n3c4ccccc4c4cc5c(cc43)sc3ccccc35)nc2c1. The fourth-order valence-corrected chi connectivity index (χ4v) is 23.2. The summed E-state index contributed by atoms with van der Waals surface area (Å²) < 4.78 is 39.1. The van der Waals surface area contributed by atoms with E-state index in [1.165, 1.54) is 140 Å². The third kappa shape index (κ3) is 9.98. The number of hydrogen-bond acceptors (Lipinski definition) is 12. The minimum atomic E-state index is 0.608. The van der Waals surface area contributed by atoms with Crippen molar-refractivity contribution in [1.29, 1.82) is 0 Å². The molecular formula is C100H56N8O3S5. The molecule has 12 heterocycles. The molecule has 0 atom stereocenters. The van der Waals surface area contributed by atoms with Crippen LogP contribution in [-0.4, -0.2) is 38.2 Å². The van der Waals surface area contributed by atoms with Crippen LogP contribution < -0.4 is 0 Å². The van der Waals surface area contributed by atoms with Gasteiger partial charge in [0.05, 0.1) is 54.4 Å². The van der Waals surface area contributed by atoms with Gasteiger partial charge in [0.1, 0.15) is 16.6 Å². The standard InChI is InChI=1S/3C25H14N2OS.C25H14N2S2/c1-4-10-19-17(8-1)23-20(27(19)25-26-18-9-3-5-11-21(18)28-25)14-13-16-15-7-2-6-12-22(15)29-24(16)23;1-4-10-19-15(7-1)16-13-14-22-23(17-8-2-6-12-21(17)29-22)24(16)27(19)25-26-18-9-3-5-11-20(18)28-25;1-4-10-18-15(7-1)23-19(27(18)25-26-17-9-3-5-11-20(17)28-25)13-14-22-24(23)16-8-2-6-12-21(16)29-22;1-4-10-20-15(7-1)17-13-18-16-8-2-5-11-22(16)28-24(18)14-21(17)27(20)25-26-19-9-3-6-12-23(19)29-25/h4*1-14H. The quantitative estimate of drug-likeness (QED) is 0.173. The molecule has 0 spiro atoms. The van der Waals surface area contributed by atoms with E-state index in [1.807, 2.05) is 118 Å². The van der Waals surface area contributed by atoms with E-state index in [0.29, 0.717) is 18.0 Å². The van der Waals surface area contributed by atoms with Crippen molar-refractivity contribution >= 4 is 268 Å². The van der Waals surface area contributed by atoms with E-state index < -0.39 is 0 Å². The van der Waals surface area contributed by atoms with Gasteiger partial charge in [0.25, 0.3) is 0 Å². The Morgan fingerprint density at radius 1 is 0.198 bits per heavy atom. The van der Waals surface area contributed by atoms with Gasteiger partial charge in [0.15, 0.2) is 21.9 Å². The zero-order valence-corrected chi connectivity index (χ0v) is 65.3. The first kappa shape index (κ1) is 65.4. The van der Waals surface area contributed by atoms with Crippen molar-refractivity contribution in [1.82, 2.24) is 38.2 Å². The number of thiazole rings is 1. The zero-order chi connectivity index (χ0) is 75.8. The van der Waals surface area contributed by atoms with E-state index in [-0.39, 0.29) is 0 Å². The van der Waals surface area contributed by atoms with E-state index >= 15 is 0 Å². The van der Waals surface area contributed by atoms with E-state index in [2.05, 4.69) is 285 Å². The lowest BCUT2D eigenvalue weighted by atomic mass is 10.1. The summed E-state index contributed by atoms with van der Waals surface area (Å²) in [5.74, 6) is 0. The van der Waals surface area contributed by atoms with Gasteiger partial charge in [-0.2, -0.15) is 15.0 Å². The molecule has 0 radical (unpaired) electrons. The Morgan fingerprint density at radius 2 is 0.595 bits per heavy atom. The maximum Gasteiger partial charge on any atom is 0.307 e. The Bertz CT molecular complexity index is 8690. The third-order valence-corrected chi connectivity index (χ3v) is 28.2. The second kappa shape index (κ2) is 25.7. The maximum absolute atomic E-state index is 6.22. The Labute approximate surface area is 677 Å².